The van der Waals surface area contributed by atoms with Gasteiger partial charge >= 0.3 is 0 Å². The van der Waals surface area contributed by atoms with E-state index in [0.29, 0.717) is 12.3 Å². The second-order valence-electron chi connectivity index (χ2n) is 3.71. The normalized spacial score (nSPS) is 18.1. The van der Waals surface area contributed by atoms with Crippen molar-refractivity contribution in [3.05, 3.63) is 0 Å². The zero-order valence-corrected chi connectivity index (χ0v) is 8.84. The number of ether oxygens (including phenoxy) is 1. The van der Waals surface area contributed by atoms with Crippen LogP contribution >= 0.6 is 0 Å². The smallest absolute Gasteiger partial charge is 0.221 e. The van der Waals surface area contributed by atoms with E-state index in [1.165, 1.54) is 0 Å². The molecule has 1 rings (SSSR count). The van der Waals surface area contributed by atoms with Crippen LogP contribution in [0.2, 0.25) is 0 Å². The van der Waals surface area contributed by atoms with Gasteiger partial charge in [0, 0.05) is 32.7 Å². The zero-order valence-electron chi connectivity index (χ0n) is 8.84. The first-order chi connectivity index (χ1) is 6.83. The summed E-state index contributed by atoms with van der Waals surface area (Å²) in [6.45, 7) is 3.25. The quantitative estimate of drug-likeness (QED) is 0.663. The maximum Gasteiger partial charge on any atom is 0.221 e. The first-order valence-electron chi connectivity index (χ1n) is 5.32. The van der Waals surface area contributed by atoms with Crippen molar-refractivity contribution in [3.8, 4) is 0 Å². The zero-order chi connectivity index (χ0) is 10.2. The Bertz CT molecular complexity index is 168. The van der Waals surface area contributed by atoms with Gasteiger partial charge in [0.05, 0.1) is 0 Å². The molecule has 0 aromatic heterocycles. The van der Waals surface area contributed by atoms with E-state index >= 15 is 0 Å². The molecule has 1 aliphatic rings. The highest BCUT2D eigenvalue weighted by molar-refractivity contribution is 5.76. The highest BCUT2D eigenvalue weighted by Crippen LogP contribution is 2.12. The van der Waals surface area contributed by atoms with E-state index in [1.807, 2.05) is 7.05 Å². The van der Waals surface area contributed by atoms with Gasteiger partial charge in [0.2, 0.25) is 5.91 Å². The maximum atomic E-state index is 11.3. The molecule has 0 aromatic carbocycles. The van der Waals surface area contributed by atoms with Crippen LogP contribution in [0.4, 0.5) is 0 Å². The molecule has 14 heavy (non-hydrogen) atoms. The van der Waals surface area contributed by atoms with Crippen molar-refractivity contribution in [1.29, 1.82) is 0 Å². The van der Waals surface area contributed by atoms with Crippen molar-refractivity contribution in [1.82, 2.24) is 10.6 Å². The molecule has 0 atom stereocenters. The number of amides is 1. The van der Waals surface area contributed by atoms with Gasteiger partial charge in [-0.25, -0.2) is 0 Å². The van der Waals surface area contributed by atoms with Crippen LogP contribution in [-0.2, 0) is 9.53 Å². The van der Waals surface area contributed by atoms with E-state index in [-0.39, 0.29) is 5.91 Å². The van der Waals surface area contributed by atoms with Gasteiger partial charge in [0.1, 0.15) is 0 Å². The number of hydrogen-bond acceptors (Lipinski definition) is 3. The monoisotopic (exact) mass is 200 g/mol. The highest BCUT2D eigenvalue weighted by Gasteiger charge is 2.14. The number of hydrogen-bond donors (Lipinski definition) is 2. The van der Waals surface area contributed by atoms with Gasteiger partial charge in [-0.05, 0) is 25.8 Å². The Kier molecular flexibility index (Phi) is 5.56. The van der Waals surface area contributed by atoms with Gasteiger partial charge in [-0.2, -0.15) is 0 Å². The Labute approximate surface area is 85.4 Å². The number of nitrogens with one attached hydrogen (secondary N) is 2. The van der Waals surface area contributed by atoms with Gasteiger partial charge in [0.25, 0.3) is 0 Å². The van der Waals surface area contributed by atoms with Crippen molar-refractivity contribution < 1.29 is 9.53 Å². The van der Waals surface area contributed by atoms with Crippen LogP contribution in [0.1, 0.15) is 19.3 Å². The van der Waals surface area contributed by atoms with E-state index < -0.39 is 0 Å². The van der Waals surface area contributed by atoms with Crippen LogP contribution in [0.15, 0.2) is 0 Å². The molecule has 1 heterocycles. The average Bonchev–Trinajstić information content (AvgIpc) is 2.25. The van der Waals surface area contributed by atoms with Crippen LogP contribution in [0.3, 0.4) is 0 Å². The Morgan fingerprint density at radius 1 is 1.43 bits per heavy atom. The standard InChI is InChI=1S/C10H20N2O2/c1-11-5-2-10(13)12-8-9-3-6-14-7-4-9/h9,11H,2-8H2,1H3,(H,12,13). The molecule has 0 radical (unpaired) electrons. The Morgan fingerprint density at radius 3 is 2.79 bits per heavy atom. The summed E-state index contributed by atoms with van der Waals surface area (Å²) in [6.07, 6.45) is 2.72. The molecule has 1 amide bonds. The predicted molar refractivity (Wildman–Crippen MR) is 55.1 cm³/mol. The lowest BCUT2D eigenvalue weighted by molar-refractivity contribution is -0.121. The summed E-state index contributed by atoms with van der Waals surface area (Å²) in [5.41, 5.74) is 0. The molecule has 0 aromatic rings. The fourth-order valence-electron chi connectivity index (χ4n) is 1.54. The lowest BCUT2D eigenvalue weighted by atomic mass is 10.0. The Hall–Kier alpha value is -0.610. The number of carbonyl (C=O) groups is 1. The molecule has 2 N–H and O–H groups in total. The van der Waals surface area contributed by atoms with Crippen molar-refractivity contribution in [3.63, 3.8) is 0 Å². The molecule has 4 heteroatoms. The minimum absolute atomic E-state index is 0.144. The van der Waals surface area contributed by atoms with E-state index in [9.17, 15) is 4.79 Å². The molecule has 0 spiro atoms. The lowest BCUT2D eigenvalue weighted by Crippen LogP contribution is -2.33. The minimum Gasteiger partial charge on any atom is -0.381 e. The largest absolute Gasteiger partial charge is 0.381 e. The van der Waals surface area contributed by atoms with E-state index in [1.54, 1.807) is 0 Å². The topological polar surface area (TPSA) is 50.4 Å². The predicted octanol–water partition coefficient (Wildman–Crippen LogP) is 0.139. The summed E-state index contributed by atoms with van der Waals surface area (Å²) in [4.78, 5) is 11.3. The van der Waals surface area contributed by atoms with Crippen molar-refractivity contribution in [2.45, 2.75) is 19.3 Å². The fourth-order valence-corrected chi connectivity index (χ4v) is 1.54. The summed E-state index contributed by atoms with van der Waals surface area (Å²) < 4.78 is 5.25. The summed E-state index contributed by atoms with van der Waals surface area (Å²) in [5.74, 6) is 0.758. The maximum absolute atomic E-state index is 11.3. The molecule has 0 unspecified atom stereocenters. The molecule has 1 aliphatic heterocycles. The SMILES string of the molecule is CNCCC(=O)NCC1CCOCC1. The molecular weight excluding hydrogens is 180 g/mol. The van der Waals surface area contributed by atoms with E-state index in [4.69, 9.17) is 4.74 Å². The highest BCUT2D eigenvalue weighted by atomic mass is 16.5. The van der Waals surface area contributed by atoms with Gasteiger partial charge in [-0.3, -0.25) is 4.79 Å². The Balaban J connectivity index is 2.03. The van der Waals surface area contributed by atoms with Gasteiger partial charge < -0.3 is 15.4 Å². The fraction of sp³-hybridized carbons (Fsp3) is 0.900. The van der Waals surface area contributed by atoms with Crippen LogP contribution in [0.25, 0.3) is 0 Å². The van der Waals surface area contributed by atoms with Crippen LogP contribution in [-0.4, -0.2) is 39.3 Å². The molecule has 1 saturated heterocycles. The van der Waals surface area contributed by atoms with Crippen molar-refractivity contribution in [2.75, 3.05) is 33.4 Å². The first-order valence-corrected chi connectivity index (χ1v) is 5.32. The summed E-state index contributed by atoms with van der Waals surface area (Å²) in [6, 6.07) is 0. The summed E-state index contributed by atoms with van der Waals surface area (Å²) in [5, 5.41) is 5.91. The minimum atomic E-state index is 0.144. The van der Waals surface area contributed by atoms with E-state index in [2.05, 4.69) is 10.6 Å². The Morgan fingerprint density at radius 2 is 2.14 bits per heavy atom. The van der Waals surface area contributed by atoms with Crippen molar-refractivity contribution in [2.24, 2.45) is 5.92 Å². The summed E-state index contributed by atoms with van der Waals surface area (Å²) >= 11 is 0. The van der Waals surface area contributed by atoms with Crippen LogP contribution in [0, 0.1) is 5.92 Å². The molecule has 0 saturated carbocycles. The second kappa shape index (κ2) is 6.79. The molecule has 0 aliphatic carbocycles. The van der Waals surface area contributed by atoms with Gasteiger partial charge in [-0.15, -0.1) is 0 Å². The second-order valence-corrected chi connectivity index (χ2v) is 3.71. The molecule has 0 bridgehead atoms. The lowest BCUT2D eigenvalue weighted by Gasteiger charge is -2.22. The third-order valence-corrected chi connectivity index (χ3v) is 2.53. The van der Waals surface area contributed by atoms with Crippen molar-refractivity contribution >= 4 is 5.91 Å². The molecule has 4 nitrogen and oxygen atoms in total. The third-order valence-electron chi connectivity index (χ3n) is 2.53. The average molecular weight is 200 g/mol. The molecule has 1 fully saturated rings. The molecular formula is C10H20N2O2. The molecule has 82 valence electrons. The first kappa shape index (κ1) is 11.5. The summed E-state index contributed by atoms with van der Waals surface area (Å²) in [7, 11) is 1.85. The number of rotatable bonds is 5. The van der Waals surface area contributed by atoms with Crippen LogP contribution in [0.5, 0.6) is 0 Å². The van der Waals surface area contributed by atoms with Gasteiger partial charge in [0.15, 0.2) is 0 Å². The van der Waals surface area contributed by atoms with Crippen LogP contribution < -0.4 is 10.6 Å². The van der Waals surface area contributed by atoms with Gasteiger partial charge in [-0.1, -0.05) is 0 Å². The van der Waals surface area contributed by atoms with E-state index in [0.717, 1.165) is 39.1 Å². The third kappa shape index (κ3) is 4.58. The number of carbonyl (C=O) groups excluding carboxylic acids is 1.